The van der Waals surface area contributed by atoms with E-state index in [1.165, 1.54) is 7.11 Å². The van der Waals surface area contributed by atoms with E-state index in [1.54, 1.807) is 19.9 Å². The van der Waals surface area contributed by atoms with Crippen molar-refractivity contribution in [1.82, 2.24) is 0 Å². The quantitative estimate of drug-likeness (QED) is 0.758. The molecule has 16 heavy (non-hydrogen) atoms. The molecule has 0 aliphatic rings. The van der Waals surface area contributed by atoms with Crippen LogP contribution in [0.3, 0.4) is 0 Å². The van der Waals surface area contributed by atoms with E-state index in [0.29, 0.717) is 5.56 Å². The molecule has 1 aromatic carbocycles. The molecule has 0 bridgehead atoms. The van der Waals surface area contributed by atoms with Crippen molar-refractivity contribution in [3.05, 3.63) is 28.0 Å². The van der Waals surface area contributed by atoms with Gasteiger partial charge >= 0.3 is 0 Å². The van der Waals surface area contributed by atoms with Crippen molar-refractivity contribution in [2.45, 2.75) is 26.2 Å². The van der Waals surface area contributed by atoms with Crippen LogP contribution in [-0.2, 0) is 4.79 Å². The van der Waals surface area contributed by atoms with Gasteiger partial charge in [0.05, 0.1) is 12.1 Å². The van der Waals surface area contributed by atoms with Crippen LogP contribution in [0.15, 0.2) is 6.07 Å². The summed E-state index contributed by atoms with van der Waals surface area (Å²) in [5.41, 5.74) is 1.21. The molecule has 0 saturated heterocycles. The van der Waals surface area contributed by atoms with E-state index in [2.05, 4.69) is 0 Å². The Hall–Kier alpha value is -1.09. The van der Waals surface area contributed by atoms with Crippen molar-refractivity contribution < 1.29 is 13.9 Å². The van der Waals surface area contributed by atoms with Gasteiger partial charge in [-0.1, -0.05) is 24.6 Å². The lowest BCUT2D eigenvalue weighted by atomic mass is 9.96. The van der Waals surface area contributed by atoms with Gasteiger partial charge in [-0.15, -0.1) is 0 Å². The highest BCUT2D eigenvalue weighted by Gasteiger charge is 2.19. The lowest BCUT2D eigenvalue weighted by Crippen LogP contribution is -2.02. The largest absolute Gasteiger partial charge is 0.492 e. The van der Waals surface area contributed by atoms with E-state index in [-0.39, 0.29) is 23.1 Å². The number of methoxy groups -OCH3 is 1. The number of hydrogen-bond acceptors (Lipinski definition) is 2. The summed E-state index contributed by atoms with van der Waals surface area (Å²) in [6, 6.07) is 1.66. The molecule has 1 rings (SSSR count). The van der Waals surface area contributed by atoms with Gasteiger partial charge in [-0.25, -0.2) is 4.39 Å². The lowest BCUT2D eigenvalue weighted by molar-refractivity contribution is -0.108. The fourth-order valence-corrected chi connectivity index (χ4v) is 1.79. The second-order valence-corrected chi connectivity index (χ2v) is 4.13. The molecule has 1 atom stereocenters. The van der Waals surface area contributed by atoms with Crippen LogP contribution in [0.4, 0.5) is 4.39 Å². The van der Waals surface area contributed by atoms with Crippen molar-refractivity contribution in [3.8, 4) is 5.75 Å². The van der Waals surface area contributed by atoms with Gasteiger partial charge in [0.15, 0.2) is 11.6 Å². The Kier molecular flexibility index (Phi) is 4.30. The third-order valence-corrected chi connectivity index (χ3v) is 3.02. The zero-order chi connectivity index (χ0) is 12.3. The summed E-state index contributed by atoms with van der Waals surface area (Å²) in [5, 5.41) is 0.280. The fraction of sp³-hybridized carbons (Fsp3) is 0.417. The van der Waals surface area contributed by atoms with Gasteiger partial charge in [0.1, 0.15) is 6.29 Å². The van der Waals surface area contributed by atoms with Crippen molar-refractivity contribution in [2.75, 3.05) is 7.11 Å². The number of rotatable bonds is 4. The summed E-state index contributed by atoms with van der Waals surface area (Å²) >= 11 is 5.92. The molecule has 0 aromatic heterocycles. The number of ether oxygens (including phenoxy) is 1. The average Bonchev–Trinajstić information content (AvgIpc) is 2.24. The molecule has 2 nitrogen and oxygen atoms in total. The Balaban J connectivity index is 3.30. The fourth-order valence-electron chi connectivity index (χ4n) is 1.58. The van der Waals surface area contributed by atoms with Gasteiger partial charge in [0.2, 0.25) is 0 Å². The van der Waals surface area contributed by atoms with E-state index in [1.807, 2.05) is 0 Å². The third kappa shape index (κ3) is 2.35. The maximum absolute atomic E-state index is 14.0. The van der Waals surface area contributed by atoms with E-state index >= 15 is 0 Å². The average molecular weight is 245 g/mol. The molecular formula is C12H14ClFO2. The van der Waals surface area contributed by atoms with E-state index in [4.69, 9.17) is 16.3 Å². The number of carbonyl (C=O) groups is 1. The van der Waals surface area contributed by atoms with Gasteiger partial charge < -0.3 is 9.53 Å². The second kappa shape index (κ2) is 5.30. The van der Waals surface area contributed by atoms with Crippen LogP contribution in [-0.4, -0.2) is 13.4 Å². The summed E-state index contributed by atoms with van der Waals surface area (Å²) in [4.78, 5) is 10.4. The number of aldehydes is 1. The first-order valence-electron chi connectivity index (χ1n) is 4.99. The maximum Gasteiger partial charge on any atom is 0.173 e. The normalized spacial score (nSPS) is 12.3. The third-order valence-electron chi connectivity index (χ3n) is 2.56. The molecule has 0 aliphatic carbocycles. The standard InChI is InChI=1S/C12H14ClFO2/c1-7(4-5-15)9-6-8(2)10(13)12(16-3)11(9)14/h5-7H,4H2,1-3H3. The summed E-state index contributed by atoms with van der Waals surface area (Å²) in [5.74, 6) is -0.607. The van der Waals surface area contributed by atoms with Gasteiger partial charge in [-0.2, -0.15) is 0 Å². The number of benzene rings is 1. The molecule has 0 aliphatic heterocycles. The molecule has 4 heteroatoms. The van der Waals surface area contributed by atoms with Crippen molar-refractivity contribution in [3.63, 3.8) is 0 Å². The van der Waals surface area contributed by atoms with Gasteiger partial charge in [-0.05, 0) is 24.0 Å². The van der Waals surface area contributed by atoms with Crippen molar-refractivity contribution in [2.24, 2.45) is 0 Å². The second-order valence-electron chi connectivity index (χ2n) is 3.75. The van der Waals surface area contributed by atoms with Gasteiger partial charge in [0, 0.05) is 6.42 Å². The Labute approximate surface area is 99.4 Å². The molecular weight excluding hydrogens is 231 g/mol. The van der Waals surface area contributed by atoms with Crippen molar-refractivity contribution >= 4 is 17.9 Å². The summed E-state index contributed by atoms with van der Waals surface area (Å²) in [7, 11) is 1.37. The van der Waals surface area contributed by atoms with Crippen LogP contribution in [0.2, 0.25) is 5.02 Å². The van der Waals surface area contributed by atoms with Crippen LogP contribution < -0.4 is 4.74 Å². The van der Waals surface area contributed by atoms with Gasteiger partial charge in [0.25, 0.3) is 0 Å². The highest BCUT2D eigenvalue weighted by Crippen LogP contribution is 2.36. The highest BCUT2D eigenvalue weighted by molar-refractivity contribution is 6.32. The highest BCUT2D eigenvalue weighted by atomic mass is 35.5. The number of hydrogen-bond donors (Lipinski definition) is 0. The smallest absolute Gasteiger partial charge is 0.173 e. The van der Waals surface area contributed by atoms with E-state index < -0.39 is 5.82 Å². The summed E-state index contributed by atoms with van der Waals surface area (Å²) in [6.45, 7) is 3.57. The molecule has 1 aromatic rings. The van der Waals surface area contributed by atoms with Crippen LogP contribution >= 0.6 is 11.6 Å². The van der Waals surface area contributed by atoms with Gasteiger partial charge in [-0.3, -0.25) is 0 Å². The Bertz CT molecular complexity index is 404. The minimum absolute atomic E-state index is 0.0504. The molecule has 0 amide bonds. The van der Waals surface area contributed by atoms with E-state index in [0.717, 1.165) is 11.8 Å². The zero-order valence-electron chi connectivity index (χ0n) is 9.51. The minimum Gasteiger partial charge on any atom is -0.492 e. The zero-order valence-corrected chi connectivity index (χ0v) is 10.3. The summed E-state index contributed by atoms with van der Waals surface area (Å²) < 4.78 is 18.9. The molecule has 0 spiro atoms. The topological polar surface area (TPSA) is 26.3 Å². The lowest BCUT2D eigenvalue weighted by Gasteiger charge is -2.15. The molecule has 88 valence electrons. The SMILES string of the molecule is COc1c(F)c(C(C)CC=O)cc(C)c1Cl. The number of halogens is 2. The molecule has 0 saturated carbocycles. The van der Waals surface area contributed by atoms with Crippen LogP contribution in [0.5, 0.6) is 5.75 Å². The maximum atomic E-state index is 14.0. The van der Waals surface area contributed by atoms with Crippen LogP contribution in [0.25, 0.3) is 0 Å². The molecule has 0 radical (unpaired) electrons. The number of carbonyl (C=O) groups excluding carboxylic acids is 1. The first kappa shape index (κ1) is 13.0. The minimum atomic E-state index is -0.479. The number of aryl methyl sites for hydroxylation is 1. The molecule has 1 unspecified atom stereocenters. The predicted molar refractivity (Wildman–Crippen MR) is 61.8 cm³/mol. The van der Waals surface area contributed by atoms with E-state index in [9.17, 15) is 9.18 Å². The Morgan fingerprint density at radius 1 is 1.62 bits per heavy atom. The first-order valence-corrected chi connectivity index (χ1v) is 5.36. The monoisotopic (exact) mass is 244 g/mol. The van der Waals surface area contributed by atoms with Crippen LogP contribution in [0.1, 0.15) is 30.4 Å². The predicted octanol–water partition coefficient (Wildman–Crippen LogP) is 3.49. The van der Waals surface area contributed by atoms with Crippen molar-refractivity contribution in [1.29, 1.82) is 0 Å². The van der Waals surface area contributed by atoms with Crippen LogP contribution in [0, 0.1) is 12.7 Å². The molecule has 0 fully saturated rings. The molecule has 0 N–H and O–H groups in total. The molecule has 0 heterocycles. The summed E-state index contributed by atoms with van der Waals surface area (Å²) in [6.07, 6.45) is 1.06. The Morgan fingerprint density at radius 2 is 2.25 bits per heavy atom. The first-order chi connectivity index (χ1) is 7.52. The Morgan fingerprint density at radius 3 is 2.75 bits per heavy atom.